The van der Waals surface area contributed by atoms with E-state index in [1.54, 1.807) is 12.4 Å². The molecule has 1 aliphatic carbocycles. The Morgan fingerprint density at radius 2 is 1.40 bits per heavy atom. The Kier molecular flexibility index (Phi) is 6.38. The van der Waals surface area contributed by atoms with Gasteiger partial charge < -0.3 is 4.74 Å². The molecule has 6 aromatic rings. The van der Waals surface area contributed by atoms with Crippen molar-refractivity contribution in [1.82, 2.24) is 19.9 Å². The van der Waals surface area contributed by atoms with Crippen LogP contribution in [-0.2, 0) is 12.5 Å². The van der Waals surface area contributed by atoms with Gasteiger partial charge in [0.25, 0.3) is 6.71 Å². The van der Waals surface area contributed by atoms with Crippen LogP contribution >= 0.6 is 0 Å². The van der Waals surface area contributed by atoms with E-state index in [1.807, 2.05) is 42.5 Å². The van der Waals surface area contributed by atoms with Gasteiger partial charge in [0.05, 0.1) is 34.1 Å². The molecule has 8 rings (SSSR count). The van der Waals surface area contributed by atoms with Gasteiger partial charge in [-0.1, -0.05) is 62.4 Å². The molecule has 0 amide bonds. The molecule has 45 heavy (non-hydrogen) atoms. The summed E-state index contributed by atoms with van der Waals surface area (Å²) >= 11 is 0. The third-order valence-corrected chi connectivity index (χ3v) is 9.64. The molecule has 7 heteroatoms. The lowest BCUT2D eigenvalue weighted by atomic mass is 9.31. The van der Waals surface area contributed by atoms with Crippen molar-refractivity contribution >= 4 is 17.9 Å². The van der Waals surface area contributed by atoms with Gasteiger partial charge in [-0.15, -0.1) is 0 Å². The predicted molar refractivity (Wildman–Crippen MR) is 178 cm³/mol. The van der Waals surface area contributed by atoms with Crippen LogP contribution in [0.1, 0.15) is 36.6 Å². The first-order valence-corrected chi connectivity index (χ1v) is 15.5. The highest BCUT2D eigenvalue weighted by molar-refractivity contribution is 6.86. The molecule has 2 aliphatic rings. The molecular weight excluding hydrogens is 553 g/mol. The van der Waals surface area contributed by atoms with Gasteiger partial charge in [-0.25, -0.2) is 14.5 Å². The standard InChI is InChI=1S/C38H33BN5O/c1-24-13-5-6-14-25(24)34-33-26(19-22-44(34)4)38(2,3)36-35(33)45-32-18-8-7-15-27(32)39(36)37-42-30(28-16-9-11-20-40-28)23-31(43-37)29-17-10-12-21-41-29/h5-23,35-36H,1-4H3/q+1. The van der Waals surface area contributed by atoms with Gasteiger partial charge in [-0.05, 0) is 71.4 Å². The molecular formula is C38H33BN5O+. The van der Waals surface area contributed by atoms with E-state index >= 15 is 0 Å². The molecule has 5 heterocycles. The summed E-state index contributed by atoms with van der Waals surface area (Å²) in [6.07, 6.45) is 5.61. The fourth-order valence-corrected chi connectivity index (χ4v) is 7.52. The van der Waals surface area contributed by atoms with Crippen LogP contribution in [0.25, 0.3) is 34.0 Å². The van der Waals surface area contributed by atoms with E-state index in [2.05, 4.69) is 103 Å². The van der Waals surface area contributed by atoms with Gasteiger partial charge in [0, 0.05) is 29.8 Å². The fraction of sp³-hybridized carbons (Fsp3) is 0.184. The fourth-order valence-electron chi connectivity index (χ4n) is 7.52. The van der Waals surface area contributed by atoms with Crippen molar-refractivity contribution in [2.45, 2.75) is 38.1 Å². The molecule has 2 aromatic carbocycles. The lowest BCUT2D eigenvalue weighted by Crippen LogP contribution is -2.57. The van der Waals surface area contributed by atoms with Crippen molar-refractivity contribution in [3.8, 4) is 39.8 Å². The van der Waals surface area contributed by atoms with Crippen LogP contribution in [-0.4, -0.2) is 26.6 Å². The van der Waals surface area contributed by atoms with Crippen LogP contribution in [0, 0.1) is 6.92 Å². The summed E-state index contributed by atoms with van der Waals surface area (Å²) in [5, 5.41) is 0. The highest BCUT2D eigenvalue weighted by Crippen LogP contribution is 2.59. The molecule has 6 nitrogen and oxygen atoms in total. The zero-order valence-electron chi connectivity index (χ0n) is 25.8. The number of hydrogen-bond donors (Lipinski definition) is 0. The number of ether oxygens (including phenoxy) is 1. The molecule has 0 saturated heterocycles. The maximum atomic E-state index is 7.06. The molecule has 2 atom stereocenters. The van der Waals surface area contributed by atoms with Crippen LogP contribution in [0.15, 0.2) is 116 Å². The molecule has 0 N–H and O–H groups in total. The van der Waals surface area contributed by atoms with E-state index in [4.69, 9.17) is 14.7 Å². The van der Waals surface area contributed by atoms with Gasteiger partial charge in [0.1, 0.15) is 18.9 Å². The minimum atomic E-state index is -0.251. The highest BCUT2D eigenvalue weighted by atomic mass is 16.5. The Morgan fingerprint density at radius 1 is 0.756 bits per heavy atom. The number of fused-ring (bicyclic) bond motifs is 4. The summed E-state index contributed by atoms with van der Waals surface area (Å²) in [6.45, 7) is 6.75. The molecule has 218 valence electrons. The van der Waals surface area contributed by atoms with Crippen LogP contribution in [0.2, 0.25) is 5.82 Å². The zero-order chi connectivity index (χ0) is 30.7. The maximum absolute atomic E-state index is 7.06. The van der Waals surface area contributed by atoms with Crippen molar-refractivity contribution in [2.75, 3.05) is 0 Å². The van der Waals surface area contributed by atoms with E-state index in [0.717, 1.165) is 39.7 Å². The topological polar surface area (TPSA) is 64.7 Å². The summed E-state index contributed by atoms with van der Waals surface area (Å²) in [4.78, 5) is 19.9. The first-order chi connectivity index (χ1) is 21.9. The van der Waals surface area contributed by atoms with E-state index in [0.29, 0.717) is 0 Å². The van der Waals surface area contributed by atoms with Crippen molar-refractivity contribution in [3.63, 3.8) is 0 Å². The normalized spacial score (nSPS) is 17.6. The number of benzene rings is 2. The second kappa shape index (κ2) is 10.5. The number of rotatable bonds is 4. The largest absolute Gasteiger partial charge is 0.486 e. The van der Waals surface area contributed by atoms with E-state index in [1.165, 1.54) is 27.9 Å². The maximum Gasteiger partial charge on any atom is 0.270 e. The van der Waals surface area contributed by atoms with Gasteiger partial charge in [-0.2, -0.15) is 0 Å². The van der Waals surface area contributed by atoms with E-state index in [-0.39, 0.29) is 24.0 Å². The SMILES string of the molecule is Cc1ccccc1-c1c2c(cc[n+]1C)C(C)(C)C1B(c3nc(-c4ccccn4)cc(-c4ccccn4)n3)c3ccccc3OC21. The first kappa shape index (κ1) is 27.4. The molecule has 0 bridgehead atoms. The summed E-state index contributed by atoms with van der Waals surface area (Å²) in [7, 11) is 2.13. The number of aromatic nitrogens is 5. The Morgan fingerprint density at radius 3 is 2.07 bits per heavy atom. The van der Waals surface area contributed by atoms with E-state index in [9.17, 15) is 0 Å². The van der Waals surface area contributed by atoms with Crippen molar-refractivity contribution in [1.29, 1.82) is 0 Å². The van der Waals surface area contributed by atoms with Crippen LogP contribution in [0.3, 0.4) is 0 Å². The van der Waals surface area contributed by atoms with Crippen molar-refractivity contribution in [2.24, 2.45) is 7.05 Å². The molecule has 0 radical (unpaired) electrons. The second-order valence-electron chi connectivity index (χ2n) is 12.6. The summed E-state index contributed by atoms with van der Waals surface area (Å²) in [5.74, 6) is 0.906. The Balaban J connectivity index is 1.39. The summed E-state index contributed by atoms with van der Waals surface area (Å²) in [5.41, 5.74) is 11.0. The molecule has 2 unspecified atom stereocenters. The van der Waals surface area contributed by atoms with Crippen LogP contribution < -0.4 is 20.5 Å². The monoisotopic (exact) mass is 586 g/mol. The third kappa shape index (κ3) is 4.37. The number of aryl methyl sites for hydroxylation is 2. The minimum Gasteiger partial charge on any atom is -0.486 e. The van der Waals surface area contributed by atoms with Crippen molar-refractivity contribution < 1.29 is 9.30 Å². The van der Waals surface area contributed by atoms with Gasteiger partial charge in [-0.3, -0.25) is 9.97 Å². The Labute approximate surface area is 264 Å². The molecule has 4 aromatic heterocycles. The first-order valence-electron chi connectivity index (χ1n) is 15.5. The number of para-hydroxylation sites is 1. The van der Waals surface area contributed by atoms with Crippen LogP contribution in [0.5, 0.6) is 5.75 Å². The lowest BCUT2D eigenvalue weighted by Gasteiger charge is -2.39. The number of nitrogens with zero attached hydrogens (tertiary/aromatic N) is 5. The Hall–Kier alpha value is -5.17. The lowest BCUT2D eigenvalue weighted by molar-refractivity contribution is -0.660. The van der Waals surface area contributed by atoms with Gasteiger partial charge >= 0.3 is 0 Å². The zero-order valence-corrected chi connectivity index (χ0v) is 25.8. The number of hydrogen-bond acceptors (Lipinski definition) is 5. The molecule has 0 spiro atoms. The molecule has 0 fully saturated rings. The average Bonchev–Trinajstić information content (AvgIpc) is 3.30. The molecule has 1 aliphatic heterocycles. The smallest absolute Gasteiger partial charge is 0.270 e. The molecule has 0 saturated carbocycles. The third-order valence-electron chi connectivity index (χ3n) is 9.64. The average molecular weight is 587 g/mol. The van der Waals surface area contributed by atoms with Gasteiger partial charge in [0.2, 0.25) is 5.69 Å². The van der Waals surface area contributed by atoms with Gasteiger partial charge in [0.15, 0.2) is 6.20 Å². The minimum absolute atomic E-state index is 0.0307. The quantitative estimate of drug-likeness (QED) is 0.193. The highest BCUT2D eigenvalue weighted by Gasteiger charge is 2.59. The summed E-state index contributed by atoms with van der Waals surface area (Å²) in [6, 6.07) is 33.1. The van der Waals surface area contributed by atoms with Crippen LogP contribution in [0.4, 0.5) is 0 Å². The number of pyridine rings is 3. The van der Waals surface area contributed by atoms with E-state index < -0.39 is 0 Å². The second-order valence-corrected chi connectivity index (χ2v) is 12.6. The van der Waals surface area contributed by atoms with Crippen molar-refractivity contribution in [3.05, 3.63) is 132 Å². The predicted octanol–water partition coefficient (Wildman–Crippen LogP) is 5.80. The summed E-state index contributed by atoms with van der Waals surface area (Å²) < 4.78 is 9.31. The Bertz CT molecular complexity index is 2010.